The molecule has 2 aromatic rings. The minimum Gasteiger partial charge on any atom is -0.497 e. The van der Waals surface area contributed by atoms with E-state index in [2.05, 4.69) is 5.32 Å². The van der Waals surface area contributed by atoms with Crippen LogP contribution < -0.4 is 19.5 Å². The van der Waals surface area contributed by atoms with E-state index in [9.17, 15) is 9.59 Å². The number of esters is 1. The number of carbonyl (C=O) groups excluding carboxylic acids is 2. The molecule has 1 aliphatic rings. The summed E-state index contributed by atoms with van der Waals surface area (Å²) in [7, 11) is 1.59. The molecule has 1 atom stereocenters. The van der Waals surface area contributed by atoms with Crippen molar-refractivity contribution in [3.05, 3.63) is 58.6 Å². The molecule has 0 saturated heterocycles. The Hall–Kier alpha value is -3.19. The van der Waals surface area contributed by atoms with Crippen LogP contribution in [0.2, 0.25) is 5.02 Å². The van der Waals surface area contributed by atoms with Crippen LogP contribution in [0.4, 0.5) is 0 Å². The van der Waals surface area contributed by atoms with Crippen LogP contribution in [-0.2, 0) is 20.9 Å². The summed E-state index contributed by atoms with van der Waals surface area (Å²) in [5, 5.41) is 3.11. The molecule has 2 aromatic carbocycles. The van der Waals surface area contributed by atoms with Crippen molar-refractivity contribution in [1.82, 2.24) is 5.32 Å². The van der Waals surface area contributed by atoms with Crippen molar-refractivity contribution in [2.45, 2.75) is 19.6 Å². The van der Waals surface area contributed by atoms with Gasteiger partial charge in [0.2, 0.25) is 6.79 Å². The van der Waals surface area contributed by atoms with Gasteiger partial charge in [-0.1, -0.05) is 23.7 Å². The van der Waals surface area contributed by atoms with Crippen molar-refractivity contribution in [2.24, 2.45) is 0 Å². The Bertz CT molecular complexity index is 926. The number of carbonyl (C=O) groups is 2. The van der Waals surface area contributed by atoms with Gasteiger partial charge < -0.3 is 24.3 Å². The molecule has 1 aliphatic heterocycles. The maximum Gasteiger partial charge on any atom is 0.331 e. The molecule has 0 fully saturated rings. The van der Waals surface area contributed by atoms with E-state index in [-0.39, 0.29) is 6.79 Å². The van der Waals surface area contributed by atoms with Crippen LogP contribution in [0.25, 0.3) is 6.08 Å². The highest BCUT2D eigenvalue weighted by Gasteiger charge is 2.18. The Morgan fingerprint density at radius 1 is 1.24 bits per heavy atom. The van der Waals surface area contributed by atoms with Gasteiger partial charge in [-0.2, -0.15) is 0 Å². The highest BCUT2D eigenvalue weighted by atomic mass is 35.5. The molecule has 1 heterocycles. The molecule has 1 amide bonds. The molecule has 0 radical (unpaired) electrons. The predicted molar refractivity (Wildman–Crippen MR) is 107 cm³/mol. The van der Waals surface area contributed by atoms with E-state index in [4.69, 9.17) is 30.5 Å². The molecule has 3 rings (SSSR count). The summed E-state index contributed by atoms with van der Waals surface area (Å²) >= 11 is 6.10. The smallest absolute Gasteiger partial charge is 0.331 e. The Morgan fingerprint density at radius 2 is 2.00 bits per heavy atom. The Kier molecular flexibility index (Phi) is 6.61. The van der Waals surface area contributed by atoms with Crippen LogP contribution in [-0.4, -0.2) is 31.9 Å². The first kappa shape index (κ1) is 20.5. The fraction of sp³-hybridized carbons (Fsp3) is 0.238. The third-order valence-electron chi connectivity index (χ3n) is 4.15. The lowest BCUT2D eigenvalue weighted by Gasteiger charge is -2.12. The number of hydrogen-bond acceptors (Lipinski definition) is 6. The number of hydrogen-bond donors (Lipinski definition) is 1. The average molecular weight is 418 g/mol. The van der Waals surface area contributed by atoms with Crippen molar-refractivity contribution >= 4 is 29.6 Å². The fourth-order valence-electron chi connectivity index (χ4n) is 2.59. The summed E-state index contributed by atoms with van der Waals surface area (Å²) in [6, 6.07) is 10.6. The summed E-state index contributed by atoms with van der Waals surface area (Å²) < 4.78 is 20.7. The van der Waals surface area contributed by atoms with Gasteiger partial charge in [0.25, 0.3) is 5.91 Å². The Labute approximate surface area is 173 Å². The number of nitrogens with one attached hydrogen (secondary N) is 1. The average Bonchev–Trinajstić information content (AvgIpc) is 3.20. The molecule has 0 spiro atoms. The van der Waals surface area contributed by atoms with Crippen LogP contribution in [0.15, 0.2) is 42.5 Å². The zero-order valence-electron chi connectivity index (χ0n) is 15.9. The molecule has 0 bridgehead atoms. The number of amides is 1. The molecule has 7 nitrogen and oxygen atoms in total. The monoisotopic (exact) mass is 417 g/mol. The molecular weight excluding hydrogens is 398 g/mol. The number of rotatable bonds is 7. The normalized spacial score (nSPS) is 13.2. The minimum absolute atomic E-state index is 0.105. The SMILES string of the molecule is COc1ccc(CNC(=O)[C@@H](C)OC(=O)/C=C/c2cc(Cl)c3c(c2)OCO3)cc1. The Morgan fingerprint density at radius 3 is 2.72 bits per heavy atom. The standard InChI is InChI=1S/C21H20ClNO6/c1-13(21(25)23-11-14-3-6-16(26-2)7-4-14)29-19(24)8-5-15-9-17(22)20-18(10-15)27-12-28-20/h3-10,13H,11-12H2,1-2H3,(H,23,25)/b8-5+/t13-/m1/s1. The summed E-state index contributed by atoms with van der Waals surface area (Å²) in [5.74, 6) is 0.683. The van der Waals surface area contributed by atoms with Gasteiger partial charge in [-0.05, 0) is 48.4 Å². The first-order valence-electron chi connectivity index (χ1n) is 8.84. The summed E-state index contributed by atoms with van der Waals surface area (Å²) in [5.41, 5.74) is 1.55. The minimum atomic E-state index is -0.939. The van der Waals surface area contributed by atoms with Crippen LogP contribution in [0.1, 0.15) is 18.1 Å². The maximum atomic E-state index is 12.1. The van der Waals surface area contributed by atoms with Crippen molar-refractivity contribution in [2.75, 3.05) is 13.9 Å². The highest BCUT2D eigenvalue weighted by Crippen LogP contribution is 2.40. The highest BCUT2D eigenvalue weighted by molar-refractivity contribution is 6.32. The zero-order chi connectivity index (χ0) is 20.8. The second-order valence-corrected chi connectivity index (χ2v) is 6.62. The summed E-state index contributed by atoms with van der Waals surface area (Å²) in [4.78, 5) is 24.1. The molecule has 1 N–H and O–H groups in total. The van der Waals surface area contributed by atoms with Crippen molar-refractivity contribution in [3.8, 4) is 17.2 Å². The van der Waals surface area contributed by atoms with E-state index in [1.165, 1.54) is 19.1 Å². The molecule has 8 heteroatoms. The number of fused-ring (bicyclic) bond motifs is 1. The summed E-state index contributed by atoms with van der Waals surface area (Å²) in [6.07, 6.45) is 1.81. The molecule has 29 heavy (non-hydrogen) atoms. The number of methoxy groups -OCH3 is 1. The second-order valence-electron chi connectivity index (χ2n) is 6.21. The van der Waals surface area contributed by atoms with Crippen LogP contribution in [0.3, 0.4) is 0 Å². The van der Waals surface area contributed by atoms with Gasteiger partial charge in [0.15, 0.2) is 17.6 Å². The molecule has 0 aliphatic carbocycles. The van der Waals surface area contributed by atoms with Crippen LogP contribution in [0.5, 0.6) is 17.2 Å². The van der Waals surface area contributed by atoms with Gasteiger partial charge in [0.1, 0.15) is 5.75 Å². The first-order valence-corrected chi connectivity index (χ1v) is 9.22. The predicted octanol–water partition coefficient (Wildman–Crippen LogP) is 3.34. The lowest BCUT2D eigenvalue weighted by molar-refractivity contribution is -0.150. The lowest BCUT2D eigenvalue weighted by atomic mass is 10.2. The van der Waals surface area contributed by atoms with E-state index in [0.29, 0.717) is 28.6 Å². The van der Waals surface area contributed by atoms with Gasteiger partial charge >= 0.3 is 5.97 Å². The van der Waals surface area contributed by atoms with E-state index in [0.717, 1.165) is 11.3 Å². The van der Waals surface area contributed by atoms with E-state index < -0.39 is 18.0 Å². The van der Waals surface area contributed by atoms with E-state index >= 15 is 0 Å². The maximum absolute atomic E-state index is 12.1. The molecular formula is C21H20ClNO6. The molecule has 152 valence electrons. The van der Waals surface area contributed by atoms with Crippen LogP contribution >= 0.6 is 11.6 Å². The number of benzene rings is 2. The van der Waals surface area contributed by atoms with Crippen molar-refractivity contribution in [3.63, 3.8) is 0 Å². The largest absolute Gasteiger partial charge is 0.497 e. The third-order valence-corrected chi connectivity index (χ3v) is 4.43. The van der Waals surface area contributed by atoms with Crippen molar-refractivity contribution < 1.29 is 28.5 Å². The quantitative estimate of drug-likeness (QED) is 0.549. The van der Waals surface area contributed by atoms with Gasteiger partial charge in [-0.15, -0.1) is 0 Å². The third kappa shape index (κ3) is 5.42. The molecule has 0 saturated carbocycles. The number of halogens is 1. The van der Waals surface area contributed by atoms with Crippen molar-refractivity contribution in [1.29, 1.82) is 0 Å². The molecule has 0 unspecified atom stereocenters. The molecule has 0 aromatic heterocycles. The van der Waals surface area contributed by atoms with E-state index in [1.54, 1.807) is 31.4 Å². The first-order chi connectivity index (χ1) is 14.0. The van der Waals surface area contributed by atoms with E-state index in [1.807, 2.05) is 12.1 Å². The van der Waals surface area contributed by atoms with Gasteiger partial charge in [0, 0.05) is 12.6 Å². The second kappa shape index (κ2) is 9.34. The lowest BCUT2D eigenvalue weighted by Crippen LogP contribution is -2.35. The zero-order valence-corrected chi connectivity index (χ0v) is 16.7. The fourth-order valence-corrected chi connectivity index (χ4v) is 2.86. The van der Waals surface area contributed by atoms with Crippen LogP contribution in [0, 0.1) is 0 Å². The van der Waals surface area contributed by atoms with Gasteiger partial charge in [0.05, 0.1) is 12.1 Å². The van der Waals surface area contributed by atoms with Gasteiger partial charge in [-0.25, -0.2) is 4.79 Å². The topological polar surface area (TPSA) is 83.1 Å². The Balaban J connectivity index is 1.49. The van der Waals surface area contributed by atoms with Gasteiger partial charge in [-0.3, -0.25) is 4.79 Å². The summed E-state index contributed by atoms with van der Waals surface area (Å²) in [6.45, 7) is 1.93. The number of ether oxygens (including phenoxy) is 4.